The van der Waals surface area contributed by atoms with E-state index in [0.29, 0.717) is 6.42 Å². The van der Waals surface area contributed by atoms with Crippen LogP contribution in [0.5, 0.6) is 5.75 Å². The van der Waals surface area contributed by atoms with Crippen LogP contribution in [0.25, 0.3) is 0 Å². The Hall–Kier alpha value is -2.43. The van der Waals surface area contributed by atoms with Crippen molar-refractivity contribution in [3.8, 4) is 5.75 Å². The average molecular weight is 337 g/mol. The Morgan fingerprint density at radius 2 is 1.88 bits per heavy atom. The molecule has 0 N–H and O–H groups in total. The summed E-state index contributed by atoms with van der Waals surface area (Å²) in [5.74, 6) is 1.87. The van der Waals surface area contributed by atoms with E-state index in [0.717, 1.165) is 53.7 Å². The number of ether oxygens (including phenoxy) is 1. The van der Waals surface area contributed by atoms with E-state index < -0.39 is 0 Å². The highest BCUT2D eigenvalue weighted by Gasteiger charge is 2.32. The van der Waals surface area contributed by atoms with Crippen LogP contribution in [0, 0.1) is 6.92 Å². The number of para-hydroxylation sites is 1. The van der Waals surface area contributed by atoms with E-state index in [9.17, 15) is 4.79 Å². The predicted octanol–water partition coefficient (Wildman–Crippen LogP) is 3.31. The maximum Gasteiger partial charge on any atom is 0.225 e. The first-order chi connectivity index (χ1) is 12.2. The van der Waals surface area contributed by atoms with Gasteiger partial charge in [0.15, 0.2) is 5.78 Å². The molecule has 1 saturated heterocycles. The number of methoxy groups -OCH3 is 1. The molecule has 2 heterocycles. The van der Waals surface area contributed by atoms with Crippen LogP contribution in [0.3, 0.4) is 0 Å². The molecule has 1 atom stereocenters. The Morgan fingerprint density at radius 1 is 1.12 bits per heavy atom. The number of hydrogen-bond donors (Lipinski definition) is 0. The molecular formula is C20H23N3O2. The highest BCUT2D eigenvalue weighted by molar-refractivity contribution is 5.99. The van der Waals surface area contributed by atoms with Gasteiger partial charge in [-0.1, -0.05) is 18.2 Å². The van der Waals surface area contributed by atoms with E-state index in [4.69, 9.17) is 9.72 Å². The van der Waals surface area contributed by atoms with E-state index in [2.05, 4.69) is 16.0 Å². The van der Waals surface area contributed by atoms with E-state index in [1.165, 1.54) is 12.8 Å². The topological polar surface area (TPSA) is 55.3 Å². The van der Waals surface area contributed by atoms with Gasteiger partial charge in [0, 0.05) is 25.4 Å². The van der Waals surface area contributed by atoms with Gasteiger partial charge in [-0.15, -0.1) is 0 Å². The van der Waals surface area contributed by atoms with E-state index in [1.807, 2.05) is 25.1 Å². The summed E-state index contributed by atoms with van der Waals surface area (Å²) in [5.41, 5.74) is 3.52. The molecule has 1 aliphatic heterocycles. The molecule has 0 amide bonds. The van der Waals surface area contributed by atoms with Gasteiger partial charge in [-0.2, -0.15) is 0 Å². The lowest BCUT2D eigenvalue weighted by molar-refractivity contribution is 0.0961. The quantitative estimate of drug-likeness (QED) is 0.860. The van der Waals surface area contributed by atoms with Gasteiger partial charge < -0.3 is 9.64 Å². The number of benzene rings is 1. The minimum absolute atomic E-state index is 0.108. The summed E-state index contributed by atoms with van der Waals surface area (Å²) in [6.07, 6.45) is 3.61. The summed E-state index contributed by atoms with van der Waals surface area (Å²) in [7, 11) is 1.68. The van der Waals surface area contributed by atoms with Crippen molar-refractivity contribution in [2.45, 2.75) is 38.5 Å². The van der Waals surface area contributed by atoms with Crippen LogP contribution in [0.1, 0.15) is 52.5 Å². The molecule has 130 valence electrons. The lowest BCUT2D eigenvalue weighted by Gasteiger charge is -2.27. The fourth-order valence-corrected chi connectivity index (χ4v) is 4.04. The second kappa shape index (κ2) is 6.47. The zero-order valence-corrected chi connectivity index (χ0v) is 14.8. The van der Waals surface area contributed by atoms with Crippen molar-refractivity contribution < 1.29 is 9.53 Å². The van der Waals surface area contributed by atoms with Crippen molar-refractivity contribution in [2.75, 3.05) is 25.1 Å². The maximum absolute atomic E-state index is 12.8. The Kier molecular flexibility index (Phi) is 4.15. The maximum atomic E-state index is 12.8. The molecule has 1 aliphatic carbocycles. The van der Waals surface area contributed by atoms with Gasteiger partial charge >= 0.3 is 0 Å². The van der Waals surface area contributed by atoms with Crippen molar-refractivity contribution in [2.24, 2.45) is 0 Å². The van der Waals surface area contributed by atoms with Gasteiger partial charge in [0.1, 0.15) is 5.75 Å². The highest BCUT2D eigenvalue weighted by atomic mass is 16.5. The van der Waals surface area contributed by atoms with Gasteiger partial charge in [0.2, 0.25) is 5.95 Å². The SMILES string of the molecule is COc1ccccc1C1CC(=O)c2c(C)nc(N3CCCC3)nc2C1. The van der Waals surface area contributed by atoms with Gasteiger partial charge in [-0.3, -0.25) is 4.79 Å². The molecule has 0 radical (unpaired) electrons. The summed E-state index contributed by atoms with van der Waals surface area (Å²) in [4.78, 5) is 24.4. The third-order valence-electron chi connectivity index (χ3n) is 5.27. The normalized spacial score (nSPS) is 19.8. The van der Waals surface area contributed by atoms with Crippen molar-refractivity contribution in [1.82, 2.24) is 9.97 Å². The van der Waals surface area contributed by atoms with Crippen LogP contribution in [-0.2, 0) is 6.42 Å². The van der Waals surface area contributed by atoms with Gasteiger partial charge in [0.05, 0.1) is 24.1 Å². The van der Waals surface area contributed by atoms with E-state index >= 15 is 0 Å². The molecule has 2 aromatic rings. The zero-order valence-electron chi connectivity index (χ0n) is 14.8. The van der Waals surface area contributed by atoms with Crippen LogP contribution in [-0.4, -0.2) is 36.0 Å². The summed E-state index contributed by atoms with van der Waals surface area (Å²) in [5, 5.41) is 0. The minimum Gasteiger partial charge on any atom is -0.496 e. The Labute approximate surface area is 148 Å². The zero-order chi connectivity index (χ0) is 17.4. The molecule has 5 heteroatoms. The number of fused-ring (bicyclic) bond motifs is 1. The van der Waals surface area contributed by atoms with Crippen LogP contribution < -0.4 is 9.64 Å². The molecule has 0 bridgehead atoms. The van der Waals surface area contributed by atoms with Crippen LogP contribution in [0.2, 0.25) is 0 Å². The molecule has 1 aromatic heterocycles. The molecule has 0 saturated carbocycles. The van der Waals surface area contributed by atoms with Crippen molar-refractivity contribution in [1.29, 1.82) is 0 Å². The van der Waals surface area contributed by atoms with Crippen LogP contribution in [0.15, 0.2) is 24.3 Å². The number of ketones is 1. The molecule has 1 unspecified atom stereocenters. The fourth-order valence-electron chi connectivity index (χ4n) is 4.04. The van der Waals surface area contributed by atoms with Gasteiger partial charge in [0.25, 0.3) is 0 Å². The predicted molar refractivity (Wildman–Crippen MR) is 96.6 cm³/mol. The first-order valence-electron chi connectivity index (χ1n) is 8.96. The van der Waals surface area contributed by atoms with Crippen molar-refractivity contribution >= 4 is 11.7 Å². The summed E-state index contributed by atoms with van der Waals surface area (Å²) in [6, 6.07) is 7.96. The number of anilines is 1. The van der Waals surface area contributed by atoms with Gasteiger partial charge in [-0.25, -0.2) is 9.97 Å². The number of aryl methyl sites for hydroxylation is 1. The monoisotopic (exact) mass is 337 g/mol. The lowest BCUT2D eigenvalue weighted by Crippen LogP contribution is -2.26. The molecule has 1 fully saturated rings. The summed E-state index contributed by atoms with van der Waals surface area (Å²) in [6.45, 7) is 3.94. The molecule has 4 rings (SSSR count). The number of Topliss-reactive ketones (excluding diaryl/α,β-unsaturated/α-hetero) is 1. The average Bonchev–Trinajstić information content (AvgIpc) is 3.15. The third-order valence-corrected chi connectivity index (χ3v) is 5.27. The number of nitrogens with zero attached hydrogens (tertiary/aromatic N) is 3. The molecular weight excluding hydrogens is 314 g/mol. The van der Waals surface area contributed by atoms with Crippen LogP contribution >= 0.6 is 0 Å². The van der Waals surface area contributed by atoms with Crippen LogP contribution in [0.4, 0.5) is 5.95 Å². The van der Waals surface area contributed by atoms with Crippen molar-refractivity contribution in [3.63, 3.8) is 0 Å². The fraction of sp³-hybridized carbons (Fsp3) is 0.450. The van der Waals surface area contributed by atoms with E-state index in [-0.39, 0.29) is 11.7 Å². The number of hydrogen-bond acceptors (Lipinski definition) is 5. The molecule has 5 nitrogen and oxygen atoms in total. The number of rotatable bonds is 3. The number of carbonyl (C=O) groups excluding carboxylic acids is 1. The Morgan fingerprint density at radius 3 is 2.64 bits per heavy atom. The Balaban J connectivity index is 1.72. The minimum atomic E-state index is 0.108. The molecule has 0 spiro atoms. The molecule has 1 aromatic carbocycles. The van der Waals surface area contributed by atoms with E-state index in [1.54, 1.807) is 7.11 Å². The molecule has 25 heavy (non-hydrogen) atoms. The standard InChI is InChI=1S/C20H23N3O2/c1-13-19-16(22-20(21-13)23-9-5-6-10-23)11-14(12-17(19)24)15-7-3-4-8-18(15)25-2/h3-4,7-8,14H,5-6,9-12H2,1-2H3. The summed E-state index contributed by atoms with van der Waals surface area (Å²) >= 11 is 0. The largest absolute Gasteiger partial charge is 0.496 e. The Bertz CT molecular complexity index is 813. The van der Waals surface area contributed by atoms with Crippen molar-refractivity contribution in [3.05, 3.63) is 46.8 Å². The second-order valence-electron chi connectivity index (χ2n) is 6.90. The number of carbonyl (C=O) groups is 1. The first-order valence-corrected chi connectivity index (χ1v) is 8.96. The summed E-state index contributed by atoms with van der Waals surface area (Å²) < 4.78 is 5.50. The van der Waals surface area contributed by atoms with Gasteiger partial charge in [-0.05, 0) is 37.8 Å². The third kappa shape index (κ3) is 2.88. The number of aromatic nitrogens is 2. The highest BCUT2D eigenvalue weighted by Crippen LogP contribution is 2.37. The lowest BCUT2D eigenvalue weighted by atomic mass is 9.81. The second-order valence-corrected chi connectivity index (χ2v) is 6.90. The first kappa shape index (κ1) is 16.1. The smallest absolute Gasteiger partial charge is 0.225 e. The molecule has 2 aliphatic rings.